The molecule has 4 heteroatoms. The summed E-state index contributed by atoms with van der Waals surface area (Å²) in [7, 11) is 0. The van der Waals surface area contributed by atoms with Gasteiger partial charge < -0.3 is 4.90 Å². The smallest absolute Gasteiger partial charge is 0.100 e. The molecule has 0 atom stereocenters. The van der Waals surface area contributed by atoms with E-state index in [9.17, 15) is 0 Å². The van der Waals surface area contributed by atoms with E-state index >= 15 is 0 Å². The predicted molar refractivity (Wildman–Crippen MR) is 68.5 cm³/mol. The maximum atomic E-state index is 7.78. The molecule has 0 bridgehead atoms. The van der Waals surface area contributed by atoms with Crippen LogP contribution in [0, 0.1) is 8.98 Å². The highest BCUT2D eigenvalue weighted by Crippen LogP contribution is 2.28. The van der Waals surface area contributed by atoms with Crippen LogP contribution in [0.1, 0.15) is 12.8 Å². The zero-order valence-corrected chi connectivity index (χ0v) is 10.5. The number of hydrogen-bond donors (Lipinski definition) is 1. The molecule has 1 aromatic rings. The van der Waals surface area contributed by atoms with Crippen molar-refractivity contribution in [3.8, 4) is 0 Å². The second-order valence-corrected chi connectivity index (χ2v) is 4.90. The van der Waals surface area contributed by atoms with Gasteiger partial charge in [0.1, 0.15) is 5.84 Å². The van der Waals surface area contributed by atoms with Crippen LogP contribution >= 0.6 is 34.2 Å². The molecule has 0 saturated carbocycles. The Hall–Kier alpha value is -0.290. The maximum Gasteiger partial charge on any atom is 0.100 e. The largest absolute Gasteiger partial charge is 0.329 e. The van der Waals surface area contributed by atoms with Crippen LogP contribution in [0.15, 0.2) is 18.2 Å². The van der Waals surface area contributed by atoms with Crippen LogP contribution in [0.25, 0.3) is 0 Å². The summed E-state index contributed by atoms with van der Waals surface area (Å²) in [5, 5.41) is 8.54. The lowest BCUT2D eigenvalue weighted by molar-refractivity contribution is 0.955. The second-order valence-electron chi connectivity index (χ2n) is 3.30. The molecule has 2 nitrogen and oxygen atoms in total. The average molecular weight is 321 g/mol. The quantitative estimate of drug-likeness (QED) is 0.788. The molecule has 1 aliphatic heterocycles. The molecule has 0 unspecified atom stereocenters. The summed E-state index contributed by atoms with van der Waals surface area (Å²) in [5.74, 6) is 0.713. The molecule has 0 aromatic heterocycles. The van der Waals surface area contributed by atoms with Crippen LogP contribution in [0.2, 0.25) is 5.02 Å². The van der Waals surface area contributed by atoms with Gasteiger partial charge in [-0.3, -0.25) is 5.41 Å². The Kier molecular flexibility index (Phi) is 2.97. The molecule has 14 heavy (non-hydrogen) atoms. The van der Waals surface area contributed by atoms with Crippen molar-refractivity contribution in [2.24, 2.45) is 0 Å². The van der Waals surface area contributed by atoms with E-state index < -0.39 is 0 Å². The van der Waals surface area contributed by atoms with Gasteiger partial charge in [-0.25, -0.2) is 0 Å². The van der Waals surface area contributed by atoms with Crippen molar-refractivity contribution in [2.75, 3.05) is 11.4 Å². The molecule has 1 saturated heterocycles. The van der Waals surface area contributed by atoms with Crippen LogP contribution in [0.5, 0.6) is 0 Å². The van der Waals surface area contributed by atoms with E-state index in [1.54, 1.807) is 0 Å². The highest BCUT2D eigenvalue weighted by atomic mass is 127. The van der Waals surface area contributed by atoms with Crippen LogP contribution in [0.3, 0.4) is 0 Å². The van der Waals surface area contributed by atoms with Gasteiger partial charge in [-0.2, -0.15) is 0 Å². The molecule has 1 fully saturated rings. The minimum atomic E-state index is 0.713. The minimum Gasteiger partial charge on any atom is -0.329 e. The predicted octanol–water partition coefficient (Wildman–Crippen LogP) is 3.52. The number of amidine groups is 1. The first kappa shape index (κ1) is 10.2. The van der Waals surface area contributed by atoms with E-state index in [1.807, 2.05) is 18.2 Å². The summed E-state index contributed by atoms with van der Waals surface area (Å²) >= 11 is 8.15. The summed E-state index contributed by atoms with van der Waals surface area (Å²) in [5.41, 5.74) is 1.11. The summed E-state index contributed by atoms with van der Waals surface area (Å²) in [4.78, 5) is 2.05. The van der Waals surface area contributed by atoms with Gasteiger partial charge in [-0.05, 0) is 47.2 Å². The van der Waals surface area contributed by atoms with E-state index in [0.29, 0.717) is 5.84 Å². The maximum absolute atomic E-state index is 7.78. The summed E-state index contributed by atoms with van der Waals surface area (Å²) in [6.07, 6.45) is 1.97. The number of nitrogens with one attached hydrogen (secondary N) is 1. The van der Waals surface area contributed by atoms with E-state index in [1.165, 1.54) is 0 Å². The SMILES string of the molecule is N=C1CCCN1c1ccc(Cl)cc1I. The Bertz CT molecular complexity index is 378. The topological polar surface area (TPSA) is 27.1 Å². The molecule has 0 aliphatic carbocycles. The minimum absolute atomic E-state index is 0.713. The number of rotatable bonds is 1. The molecular formula is C10H10ClIN2. The Morgan fingerprint density at radius 2 is 2.21 bits per heavy atom. The molecule has 2 rings (SSSR count). The van der Waals surface area contributed by atoms with Gasteiger partial charge in [0, 0.05) is 21.6 Å². The third kappa shape index (κ3) is 1.88. The van der Waals surface area contributed by atoms with E-state index in [2.05, 4.69) is 27.5 Å². The molecule has 1 aromatic carbocycles. The van der Waals surface area contributed by atoms with Gasteiger partial charge in [0.25, 0.3) is 0 Å². The molecule has 74 valence electrons. The van der Waals surface area contributed by atoms with E-state index in [-0.39, 0.29) is 0 Å². The van der Waals surface area contributed by atoms with Crippen molar-refractivity contribution in [3.05, 3.63) is 26.8 Å². The van der Waals surface area contributed by atoms with Crippen LogP contribution < -0.4 is 4.90 Å². The summed E-state index contributed by atoms with van der Waals surface area (Å²) in [6.45, 7) is 0.955. The Morgan fingerprint density at radius 3 is 2.79 bits per heavy atom. The van der Waals surface area contributed by atoms with Gasteiger partial charge in [0.05, 0.1) is 5.69 Å². The molecule has 1 heterocycles. The molecule has 1 aliphatic rings. The lowest BCUT2D eigenvalue weighted by Crippen LogP contribution is -2.23. The highest BCUT2D eigenvalue weighted by Gasteiger charge is 2.20. The Labute approximate surface area is 102 Å². The number of anilines is 1. The van der Waals surface area contributed by atoms with Gasteiger partial charge in [0.15, 0.2) is 0 Å². The fourth-order valence-electron chi connectivity index (χ4n) is 1.64. The van der Waals surface area contributed by atoms with E-state index in [4.69, 9.17) is 17.0 Å². The number of halogens is 2. The van der Waals surface area contributed by atoms with Crippen molar-refractivity contribution >= 4 is 45.7 Å². The lowest BCUT2D eigenvalue weighted by Gasteiger charge is -2.19. The van der Waals surface area contributed by atoms with Crippen LogP contribution in [-0.4, -0.2) is 12.4 Å². The number of nitrogens with zero attached hydrogens (tertiary/aromatic N) is 1. The van der Waals surface area contributed by atoms with E-state index in [0.717, 1.165) is 33.7 Å². The Morgan fingerprint density at radius 1 is 1.43 bits per heavy atom. The zero-order chi connectivity index (χ0) is 10.1. The third-order valence-corrected chi connectivity index (χ3v) is 3.42. The highest BCUT2D eigenvalue weighted by molar-refractivity contribution is 14.1. The molecular weight excluding hydrogens is 310 g/mol. The lowest BCUT2D eigenvalue weighted by atomic mass is 10.3. The normalized spacial score (nSPS) is 16.4. The fourth-order valence-corrected chi connectivity index (χ4v) is 2.80. The third-order valence-electron chi connectivity index (χ3n) is 2.32. The molecule has 0 radical (unpaired) electrons. The van der Waals surface area contributed by atoms with Gasteiger partial charge >= 0.3 is 0 Å². The first-order chi connectivity index (χ1) is 6.68. The zero-order valence-electron chi connectivity index (χ0n) is 7.56. The van der Waals surface area contributed by atoms with Crippen molar-refractivity contribution in [2.45, 2.75) is 12.8 Å². The second kappa shape index (κ2) is 4.06. The van der Waals surface area contributed by atoms with Gasteiger partial charge in [-0.1, -0.05) is 11.6 Å². The first-order valence-corrected chi connectivity index (χ1v) is 5.94. The fraction of sp³-hybridized carbons (Fsp3) is 0.300. The first-order valence-electron chi connectivity index (χ1n) is 4.48. The summed E-state index contributed by atoms with van der Waals surface area (Å²) < 4.78 is 1.11. The van der Waals surface area contributed by atoms with Crippen molar-refractivity contribution in [1.29, 1.82) is 5.41 Å². The standard InChI is InChI=1S/C10H10ClIN2/c11-7-3-4-9(8(12)6-7)14-5-1-2-10(14)13/h3-4,6,13H,1-2,5H2. The monoisotopic (exact) mass is 320 g/mol. The molecule has 0 spiro atoms. The summed E-state index contributed by atoms with van der Waals surface area (Å²) in [6, 6.07) is 5.80. The molecule has 0 amide bonds. The van der Waals surface area contributed by atoms with Crippen molar-refractivity contribution in [3.63, 3.8) is 0 Å². The van der Waals surface area contributed by atoms with Gasteiger partial charge in [-0.15, -0.1) is 0 Å². The van der Waals surface area contributed by atoms with Crippen molar-refractivity contribution < 1.29 is 0 Å². The molecule has 1 N–H and O–H groups in total. The number of hydrogen-bond acceptors (Lipinski definition) is 1. The van der Waals surface area contributed by atoms with Crippen LogP contribution in [0.4, 0.5) is 5.69 Å². The van der Waals surface area contributed by atoms with Crippen molar-refractivity contribution in [1.82, 2.24) is 0 Å². The average Bonchev–Trinajstić information content (AvgIpc) is 2.52. The number of benzene rings is 1. The van der Waals surface area contributed by atoms with Gasteiger partial charge in [0.2, 0.25) is 0 Å². The Balaban J connectivity index is 2.36. The van der Waals surface area contributed by atoms with Crippen LogP contribution in [-0.2, 0) is 0 Å².